The van der Waals surface area contributed by atoms with E-state index in [0.29, 0.717) is 17.4 Å². The van der Waals surface area contributed by atoms with Gasteiger partial charge in [0.05, 0.1) is 11.0 Å². The zero-order chi connectivity index (χ0) is 10.9. The molecular weight excluding hydrogens is 212 g/mol. The Morgan fingerprint density at radius 2 is 2.40 bits per heavy atom. The van der Waals surface area contributed by atoms with Gasteiger partial charge in [0.15, 0.2) is 5.82 Å². The summed E-state index contributed by atoms with van der Waals surface area (Å²) >= 11 is 1.49. The minimum Gasteiger partial charge on any atom is -0.332 e. The average molecular weight is 224 g/mol. The lowest BCUT2D eigenvalue weighted by atomic mass is 10.0. The number of aromatic nitrogens is 3. The molecule has 0 aliphatic heterocycles. The van der Waals surface area contributed by atoms with Gasteiger partial charge < -0.3 is 10.3 Å². The van der Waals surface area contributed by atoms with Gasteiger partial charge in [-0.05, 0) is 13.3 Å². The Balaban J connectivity index is 2.33. The molecule has 15 heavy (non-hydrogen) atoms. The minimum absolute atomic E-state index is 0.427. The van der Waals surface area contributed by atoms with Gasteiger partial charge in [0.1, 0.15) is 5.69 Å². The summed E-state index contributed by atoms with van der Waals surface area (Å²) in [5.41, 5.74) is 7.88. The van der Waals surface area contributed by atoms with Crippen molar-refractivity contribution in [3.63, 3.8) is 0 Å². The molecule has 5 nitrogen and oxygen atoms in total. The third kappa shape index (κ3) is 1.91. The maximum Gasteiger partial charge on any atom is 0.277 e. The van der Waals surface area contributed by atoms with Gasteiger partial charge in [0, 0.05) is 5.38 Å². The summed E-state index contributed by atoms with van der Waals surface area (Å²) in [6, 6.07) is 0. The quantitative estimate of drug-likeness (QED) is 0.859. The van der Waals surface area contributed by atoms with Crippen LogP contribution in [-0.4, -0.2) is 15.1 Å². The van der Waals surface area contributed by atoms with Crippen LogP contribution in [0.25, 0.3) is 11.6 Å². The SMILES string of the molecule is CCC(C)(N)c1noc(-c2cscn2)n1. The lowest BCUT2D eigenvalue weighted by molar-refractivity contribution is 0.378. The Morgan fingerprint density at radius 1 is 1.60 bits per heavy atom. The third-order valence-electron chi connectivity index (χ3n) is 2.32. The number of nitrogens with two attached hydrogens (primary N) is 1. The monoisotopic (exact) mass is 224 g/mol. The smallest absolute Gasteiger partial charge is 0.277 e. The molecule has 80 valence electrons. The predicted molar refractivity (Wildman–Crippen MR) is 57.2 cm³/mol. The predicted octanol–water partition coefficient (Wildman–Crippen LogP) is 1.78. The fourth-order valence-electron chi connectivity index (χ4n) is 1.04. The van der Waals surface area contributed by atoms with Crippen LogP contribution in [-0.2, 0) is 5.54 Å². The second-order valence-electron chi connectivity index (χ2n) is 3.57. The topological polar surface area (TPSA) is 77.8 Å². The van der Waals surface area contributed by atoms with E-state index in [4.69, 9.17) is 10.3 Å². The maximum atomic E-state index is 6.00. The Morgan fingerprint density at radius 3 is 3.00 bits per heavy atom. The molecule has 2 aromatic rings. The summed E-state index contributed by atoms with van der Waals surface area (Å²) in [4.78, 5) is 8.33. The summed E-state index contributed by atoms with van der Waals surface area (Å²) in [6.45, 7) is 3.86. The van der Waals surface area contributed by atoms with Gasteiger partial charge in [-0.15, -0.1) is 11.3 Å². The van der Waals surface area contributed by atoms with Gasteiger partial charge in [-0.2, -0.15) is 4.98 Å². The van der Waals surface area contributed by atoms with E-state index >= 15 is 0 Å². The summed E-state index contributed by atoms with van der Waals surface area (Å²) < 4.78 is 5.10. The fraction of sp³-hybridized carbons (Fsp3) is 0.444. The van der Waals surface area contributed by atoms with Crippen LogP contribution in [0.2, 0.25) is 0 Å². The molecule has 0 saturated heterocycles. The molecule has 0 aliphatic carbocycles. The zero-order valence-electron chi connectivity index (χ0n) is 8.60. The Bertz CT molecular complexity index is 435. The van der Waals surface area contributed by atoms with E-state index in [1.807, 2.05) is 19.2 Å². The Labute approximate surface area is 91.3 Å². The average Bonchev–Trinajstić information content (AvgIpc) is 2.88. The first-order valence-corrected chi connectivity index (χ1v) is 5.59. The second-order valence-corrected chi connectivity index (χ2v) is 4.29. The molecule has 1 atom stereocenters. The highest BCUT2D eigenvalue weighted by Crippen LogP contribution is 2.22. The molecule has 2 N–H and O–H groups in total. The number of hydrogen-bond acceptors (Lipinski definition) is 6. The standard InChI is InChI=1S/C9H12N4OS/c1-3-9(2,10)8-12-7(14-13-8)6-4-15-5-11-6/h4-5H,3,10H2,1-2H3. The molecule has 0 fully saturated rings. The second kappa shape index (κ2) is 3.71. The molecule has 6 heteroatoms. The molecule has 0 spiro atoms. The minimum atomic E-state index is -0.544. The molecule has 2 aromatic heterocycles. The highest BCUT2D eigenvalue weighted by molar-refractivity contribution is 7.07. The van der Waals surface area contributed by atoms with Crippen LogP contribution in [0.3, 0.4) is 0 Å². The highest BCUT2D eigenvalue weighted by atomic mass is 32.1. The van der Waals surface area contributed by atoms with Gasteiger partial charge >= 0.3 is 0 Å². The van der Waals surface area contributed by atoms with Crippen LogP contribution in [0.15, 0.2) is 15.4 Å². The van der Waals surface area contributed by atoms with Gasteiger partial charge in [0.2, 0.25) is 0 Å². The number of rotatable bonds is 3. The van der Waals surface area contributed by atoms with Crippen molar-refractivity contribution in [2.45, 2.75) is 25.8 Å². The van der Waals surface area contributed by atoms with E-state index in [-0.39, 0.29) is 0 Å². The molecule has 0 aromatic carbocycles. The molecule has 0 saturated carbocycles. The number of thiazole rings is 1. The summed E-state index contributed by atoms with van der Waals surface area (Å²) in [5.74, 6) is 0.948. The first-order chi connectivity index (χ1) is 7.13. The van der Waals surface area contributed by atoms with E-state index in [0.717, 1.165) is 6.42 Å². The molecule has 0 amide bonds. The molecule has 1 unspecified atom stereocenters. The Kier molecular flexibility index (Phi) is 2.54. The number of nitrogens with zero attached hydrogens (tertiary/aromatic N) is 3. The summed E-state index contributed by atoms with van der Waals surface area (Å²) in [6.07, 6.45) is 0.753. The molecule has 0 aliphatic rings. The van der Waals surface area contributed by atoms with E-state index in [1.54, 1.807) is 5.51 Å². The van der Waals surface area contributed by atoms with E-state index < -0.39 is 5.54 Å². The fourth-order valence-corrected chi connectivity index (χ4v) is 1.56. The van der Waals surface area contributed by atoms with Crippen molar-refractivity contribution in [1.82, 2.24) is 15.1 Å². The lowest BCUT2D eigenvalue weighted by Gasteiger charge is -2.16. The van der Waals surface area contributed by atoms with Crippen LogP contribution in [0.5, 0.6) is 0 Å². The van der Waals surface area contributed by atoms with Crippen molar-refractivity contribution in [2.24, 2.45) is 5.73 Å². The molecule has 2 heterocycles. The van der Waals surface area contributed by atoms with Crippen LogP contribution in [0.4, 0.5) is 0 Å². The van der Waals surface area contributed by atoms with Crippen LogP contribution < -0.4 is 5.73 Å². The largest absolute Gasteiger partial charge is 0.332 e. The lowest BCUT2D eigenvalue weighted by Crippen LogP contribution is -2.33. The van der Waals surface area contributed by atoms with Crippen LogP contribution >= 0.6 is 11.3 Å². The first kappa shape index (κ1) is 10.3. The van der Waals surface area contributed by atoms with Gasteiger partial charge in [0.25, 0.3) is 5.89 Å². The van der Waals surface area contributed by atoms with Crippen molar-refractivity contribution in [3.05, 3.63) is 16.7 Å². The highest BCUT2D eigenvalue weighted by Gasteiger charge is 2.25. The van der Waals surface area contributed by atoms with E-state index in [2.05, 4.69) is 15.1 Å². The van der Waals surface area contributed by atoms with Crippen molar-refractivity contribution < 1.29 is 4.52 Å². The summed E-state index contributed by atoms with van der Waals surface area (Å²) in [5, 5.41) is 5.73. The van der Waals surface area contributed by atoms with Crippen molar-refractivity contribution >= 4 is 11.3 Å². The van der Waals surface area contributed by atoms with Crippen molar-refractivity contribution in [1.29, 1.82) is 0 Å². The molecule has 0 bridgehead atoms. The first-order valence-electron chi connectivity index (χ1n) is 4.65. The third-order valence-corrected chi connectivity index (χ3v) is 2.91. The van der Waals surface area contributed by atoms with E-state index in [1.165, 1.54) is 11.3 Å². The zero-order valence-corrected chi connectivity index (χ0v) is 9.41. The van der Waals surface area contributed by atoms with Gasteiger partial charge in [-0.1, -0.05) is 12.1 Å². The number of hydrogen-bond donors (Lipinski definition) is 1. The Hall–Kier alpha value is -1.27. The van der Waals surface area contributed by atoms with E-state index in [9.17, 15) is 0 Å². The summed E-state index contributed by atoms with van der Waals surface area (Å²) in [7, 11) is 0. The molecule has 2 rings (SSSR count). The molecule has 0 radical (unpaired) electrons. The van der Waals surface area contributed by atoms with Gasteiger partial charge in [-0.3, -0.25) is 0 Å². The van der Waals surface area contributed by atoms with Gasteiger partial charge in [-0.25, -0.2) is 4.98 Å². The van der Waals surface area contributed by atoms with Crippen LogP contribution in [0, 0.1) is 0 Å². The van der Waals surface area contributed by atoms with Crippen LogP contribution in [0.1, 0.15) is 26.1 Å². The van der Waals surface area contributed by atoms with Crippen molar-refractivity contribution in [3.8, 4) is 11.6 Å². The normalized spacial score (nSPS) is 15.1. The van der Waals surface area contributed by atoms with Crippen molar-refractivity contribution in [2.75, 3.05) is 0 Å². The molecular formula is C9H12N4OS. The maximum absolute atomic E-state index is 6.00.